The Kier molecular flexibility index (Phi) is 4.92. The van der Waals surface area contributed by atoms with Crippen molar-refractivity contribution in [2.75, 3.05) is 20.6 Å². The van der Waals surface area contributed by atoms with Crippen LogP contribution >= 0.6 is 0 Å². The molecule has 1 aromatic heterocycles. The summed E-state index contributed by atoms with van der Waals surface area (Å²) in [6, 6.07) is 5.94. The van der Waals surface area contributed by atoms with Crippen molar-refractivity contribution in [3.05, 3.63) is 29.6 Å². The summed E-state index contributed by atoms with van der Waals surface area (Å²) >= 11 is 0. The van der Waals surface area contributed by atoms with Crippen LogP contribution in [0.4, 0.5) is 0 Å². The van der Waals surface area contributed by atoms with Crippen LogP contribution in [0.5, 0.6) is 0 Å². The first-order valence-corrected chi connectivity index (χ1v) is 5.43. The van der Waals surface area contributed by atoms with Gasteiger partial charge in [-0.2, -0.15) is 0 Å². The third kappa shape index (κ3) is 4.40. The molecular formula is C12H19N3O. The minimum absolute atomic E-state index is 0.143. The molecular weight excluding hydrogens is 202 g/mol. The molecule has 0 spiro atoms. The van der Waals surface area contributed by atoms with Crippen LogP contribution in [-0.2, 0) is 11.3 Å². The first kappa shape index (κ1) is 12.6. The molecule has 16 heavy (non-hydrogen) atoms. The van der Waals surface area contributed by atoms with Crippen molar-refractivity contribution in [3.8, 4) is 0 Å². The maximum absolute atomic E-state index is 11.3. The number of aryl methyl sites for hydroxylation is 1. The topological polar surface area (TPSA) is 45.2 Å². The number of nitrogens with one attached hydrogen (secondary N) is 1. The van der Waals surface area contributed by atoms with Gasteiger partial charge in [0.2, 0.25) is 5.91 Å². The van der Waals surface area contributed by atoms with Crippen LogP contribution < -0.4 is 5.32 Å². The van der Waals surface area contributed by atoms with E-state index in [1.165, 1.54) is 0 Å². The number of pyridine rings is 1. The summed E-state index contributed by atoms with van der Waals surface area (Å²) in [6.07, 6.45) is 0.527. The van der Waals surface area contributed by atoms with Crippen molar-refractivity contribution in [3.63, 3.8) is 0 Å². The predicted molar refractivity (Wildman–Crippen MR) is 64.0 cm³/mol. The number of amides is 1. The van der Waals surface area contributed by atoms with E-state index in [0.717, 1.165) is 11.4 Å². The second-order valence-electron chi connectivity index (χ2n) is 3.99. The molecule has 0 saturated carbocycles. The molecule has 0 aliphatic carbocycles. The molecule has 0 aromatic carbocycles. The van der Waals surface area contributed by atoms with E-state index in [4.69, 9.17) is 0 Å². The van der Waals surface area contributed by atoms with Crippen LogP contribution in [-0.4, -0.2) is 36.4 Å². The molecule has 4 nitrogen and oxygen atoms in total. The van der Waals surface area contributed by atoms with E-state index < -0.39 is 0 Å². The molecule has 0 atom stereocenters. The van der Waals surface area contributed by atoms with Crippen molar-refractivity contribution >= 4 is 5.91 Å². The number of rotatable bonds is 5. The molecule has 0 aliphatic heterocycles. The van der Waals surface area contributed by atoms with E-state index in [2.05, 4.69) is 10.3 Å². The van der Waals surface area contributed by atoms with Gasteiger partial charge in [0.1, 0.15) is 0 Å². The minimum Gasteiger partial charge on any atom is -0.349 e. The second kappa shape index (κ2) is 6.23. The summed E-state index contributed by atoms with van der Waals surface area (Å²) in [6.45, 7) is 3.37. The number of carbonyl (C=O) groups is 1. The Bertz CT molecular complexity index is 350. The van der Waals surface area contributed by atoms with Crippen LogP contribution in [0.3, 0.4) is 0 Å². The summed E-state index contributed by atoms with van der Waals surface area (Å²) in [5, 5.41) is 3.20. The monoisotopic (exact) mass is 221 g/mol. The molecule has 0 fully saturated rings. The lowest BCUT2D eigenvalue weighted by Crippen LogP contribution is -2.26. The average molecular weight is 221 g/mol. The van der Waals surface area contributed by atoms with Crippen molar-refractivity contribution < 1.29 is 4.79 Å². The van der Waals surface area contributed by atoms with Gasteiger partial charge >= 0.3 is 0 Å². The Balaban J connectivity index is 2.23. The molecule has 1 amide bonds. The maximum Gasteiger partial charge on any atom is 0.223 e. The highest BCUT2D eigenvalue weighted by molar-refractivity contribution is 5.75. The van der Waals surface area contributed by atoms with E-state index in [9.17, 15) is 4.79 Å². The standard InChI is InChI=1S/C12H19N3O/c1-10-5-4-6-11(14-10)9-13-8-7-12(16)15(2)3/h4-6,13H,7-9H2,1-3H3. The van der Waals surface area contributed by atoms with Crippen molar-refractivity contribution in [2.24, 2.45) is 0 Å². The summed E-state index contributed by atoms with van der Waals surface area (Å²) < 4.78 is 0. The Hall–Kier alpha value is -1.42. The van der Waals surface area contributed by atoms with Crippen LogP contribution in [0.15, 0.2) is 18.2 Å². The Morgan fingerprint density at radius 3 is 2.81 bits per heavy atom. The van der Waals surface area contributed by atoms with Gasteiger partial charge < -0.3 is 10.2 Å². The Morgan fingerprint density at radius 1 is 1.44 bits per heavy atom. The number of carbonyl (C=O) groups excluding carboxylic acids is 1. The zero-order valence-corrected chi connectivity index (χ0v) is 10.2. The number of hydrogen-bond donors (Lipinski definition) is 1. The third-order valence-corrected chi connectivity index (χ3v) is 2.27. The molecule has 1 heterocycles. The highest BCUT2D eigenvalue weighted by Crippen LogP contribution is 1.97. The Labute approximate surface area is 96.7 Å². The number of hydrogen-bond acceptors (Lipinski definition) is 3. The largest absolute Gasteiger partial charge is 0.349 e. The van der Waals surface area contributed by atoms with E-state index >= 15 is 0 Å². The van der Waals surface area contributed by atoms with Crippen LogP contribution in [0.1, 0.15) is 17.8 Å². The third-order valence-electron chi connectivity index (χ3n) is 2.27. The second-order valence-corrected chi connectivity index (χ2v) is 3.99. The summed E-state index contributed by atoms with van der Waals surface area (Å²) in [5.41, 5.74) is 2.03. The summed E-state index contributed by atoms with van der Waals surface area (Å²) in [5.74, 6) is 0.143. The molecule has 0 bridgehead atoms. The quantitative estimate of drug-likeness (QED) is 0.753. The lowest BCUT2D eigenvalue weighted by Gasteiger charge is -2.10. The zero-order valence-electron chi connectivity index (χ0n) is 10.2. The van der Waals surface area contributed by atoms with E-state index in [1.807, 2.05) is 25.1 Å². The molecule has 1 N–H and O–H groups in total. The fourth-order valence-corrected chi connectivity index (χ4v) is 1.33. The fraction of sp³-hybridized carbons (Fsp3) is 0.500. The van der Waals surface area contributed by atoms with Gasteiger partial charge in [0.15, 0.2) is 0 Å². The molecule has 88 valence electrons. The number of aromatic nitrogens is 1. The molecule has 0 unspecified atom stereocenters. The van der Waals surface area contributed by atoms with Gasteiger partial charge in [-0.25, -0.2) is 0 Å². The number of nitrogens with zero attached hydrogens (tertiary/aromatic N) is 2. The average Bonchev–Trinajstić information content (AvgIpc) is 2.24. The van der Waals surface area contributed by atoms with Gasteiger partial charge in [-0.15, -0.1) is 0 Å². The summed E-state index contributed by atoms with van der Waals surface area (Å²) in [7, 11) is 3.54. The van der Waals surface area contributed by atoms with Gasteiger partial charge in [0.05, 0.1) is 5.69 Å². The molecule has 0 aliphatic rings. The normalized spacial score (nSPS) is 10.2. The van der Waals surface area contributed by atoms with Gasteiger partial charge in [0.25, 0.3) is 0 Å². The zero-order chi connectivity index (χ0) is 12.0. The van der Waals surface area contributed by atoms with E-state index in [-0.39, 0.29) is 5.91 Å². The van der Waals surface area contributed by atoms with Crippen molar-refractivity contribution in [2.45, 2.75) is 19.9 Å². The lowest BCUT2D eigenvalue weighted by molar-refractivity contribution is -0.128. The first-order chi connectivity index (χ1) is 7.59. The molecule has 0 saturated heterocycles. The van der Waals surface area contributed by atoms with Gasteiger partial charge in [0, 0.05) is 39.3 Å². The smallest absolute Gasteiger partial charge is 0.223 e. The van der Waals surface area contributed by atoms with E-state index in [1.54, 1.807) is 19.0 Å². The van der Waals surface area contributed by atoms with Crippen LogP contribution in [0, 0.1) is 6.92 Å². The maximum atomic E-state index is 11.3. The van der Waals surface area contributed by atoms with E-state index in [0.29, 0.717) is 19.5 Å². The molecule has 1 rings (SSSR count). The molecule has 4 heteroatoms. The van der Waals surface area contributed by atoms with Gasteiger partial charge in [-0.3, -0.25) is 9.78 Å². The van der Waals surface area contributed by atoms with Gasteiger partial charge in [-0.05, 0) is 19.1 Å². The van der Waals surface area contributed by atoms with Crippen LogP contribution in [0.25, 0.3) is 0 Å². The predicted octanol–water partition coefficient (Wildman–Crippen LogP) is 0.958. The van der Waals surface area contributed by atoms with Crippen LogP contribution in [0.2, 0.25) is 0 Å². The fourth-order valence-electron chi connectivity index (χ4n) is 1.33. The highest BCUT2D eigenvalue weighted by atomic mass is 16.2. The minimum atomic E-state index is 0.143. The molecule has 1 aromatic rings. The lowest BCUT2D eigenvalue weighted by atomic mass is 10.3. The first-order valence-electron chi connectivity index (χ1n) is 5.43. The van der Waals surface area contributed by atoms with Crippen molar-refractivity contribution in [1.29, 1.82) is 0 Å². The highest BCUT2D eigenvalue weighted by Gasteiger charge is 2.02. The molecule has 0 radical (unpaired) electrons. The Morgan fingerprint density at radius 2 is 2.19 bits per heavy atom. The summed E-state index contributed by atoms with van der Waals surface area (Å²) in [4.78, 5) is 17.2. The van der Waals surface area contributed by atoms with Gasteiger partial charge in [-0.1, -0.05) is 6.07 Å². The van der Waals surface area contributed by atoms with Crippen molar-refractivity contribution in [1.82, 2.24) is 15.2 Å². The SMILES string of the molecule is Cc1cccc(CNCCC(=O)N(C)C)n1.